The third-order valence-electron chi connectivity index (χ3n) is 1.89. The monoisotopic (exact) mass is 268 g/mol. The van der Waals surface area contributed by atoms with Gasteiger partial charge in [0, 0.05) is 10.9 Å². The summed E-state index contributed by atoms with van der Waals surface area (Å²) in [6.07, 6.45) is 2.55. The molecular weight excluding hydrogens is 248 g/mol. The van der Waals surface area contributed by atoms with Crippen LogP contribution in [-0.4, -0.2) is 22.2 Å². The number of nitrogens with zero attached hydrogens (tertiary/aromatic N) is 1. The number of aromatic nitrogens is 1. The zero-order chi connectivity index (χ0) is 13.6. The number of carbonyl (C=O) groups is 1. The van der Waals surface area contributed by atoms with Gasteiger partial charge < -0.3 is 0 Å². The Labute approximate surface area is 112 Å². The molecule has 1 aromatic heterocycles. The van der Waals surface area contributed by atoms with E-state index < -0.39 is 0 Å². The van der Waals surface area contributed by atoms with Gasteiger partial charge in [-0.1, -0.05) is 39.5 Å². The summed E-state index contributed by atoms with van der Waals surface area (Å²) in [5, 5.41) is 0.725. The predicted molar refractivity (Wildman–Crippen MR) is 73.6 cm³/mol. The van der Waals surface area contributed by atoms with Crippen molar-refractivity contribution >= 4 is 17.7 Å². The first kappa shape index (κ1) is 15.0. The maximum Gasteiger partial charge on any atom is 0.277 e. The lowest BCUT2D eigenvalue weighted by atomic mass is 10.2. The smallest absolute Gasteiger partial charge is 0.273 e. The number of thioether (sulfide) groups is 1. The molecule has 0 radical (unpaired) electrons. The lowest BCUT2D eigenvalue weighted by Gasteiger charge is -2.18. The molecule has 18 heavy (non-hydrogen) atoms. The highest BCUT2D eigenvalue weighted by Crippen LogP contribution is 2.32. The van der Waals surface area contributed by atoms with Crippen LogP contribution in [-0.2, 0) is 4.84 Å². The van der Waals surface area contributed by atoms with E-state index in [0.717, 1.165) is 11.4 Å². The van der Waals surface area contributed by atoms with Crippen LogP contribution in [0.25, 0.3) is 0 Å². The Bertz CT molecular complexity index is 402. The van der Waals surface area contributed by atoms with E-state index >= 15 is 0 Å². The van der Waals surface area contributed by atoms with Gasteiger partial charge in [-0.05, 0) is 18.6 Å². The van der Waals surface area contributed by atoms with E-state index in [4.69, 9.17) is 4.84 Å². The molecule has 0 saturated heterocycles. The van der Waals surface area contributed by atoms with Crippen LogP contribution in [0.15, 0.2) is 23.4 Å². The van der Waals surface area contributed by atoms with E-state index in [0.29, 0.717) is 12.2 Å². The molecule has 0 spiro atoms. The summed E-state index contributed by atoms with van der Waals surface area (Å²) in [5.74, 6) is -0.247. The number of hydrogen-bond acceptors (Lipinski definition) is 4. The molecule has 1 aromatic rings. The van der Waals surface area contributed by atoms with Crippen molar-refractivity contribution in [3.05, 3.63) is 23.9 Å². The summed E-state index contributed by atoms with van der Waals surface area (Å²) in [7, 11) is 0. The summed E-state index contributed by atoms with van der Waals surface area (Å²) in [5.41, 5.74) is 2.98. The molecule has 0 fully saturated rings. The fourth-order valence-corrected chi connectivity index (χ4v) is 2.17. The lowest BCUT2D eigenvalue weighted by Crippen LogP contribution is -2.25. The minimum absolute atomic E-state index is 0.00760. The molecular formula is C13H20N2O2S. The molecule has 1 rings (SSSR count). The van der Waals surface area contributed by atoms with Gasteiger partial charge in [0.25, 0.3) is 5.91 Å². The van der Waals surface area contributed by atoms with Crippen molar-refractivity contribution in [3.63, 3.8) is 0 Å². The topological polar surface area (TPSA) is 51.2 Å². The zero-order valence-electron chi connectivity index (χ0n) is 11.3. The Morgan fingerprint density at radius 3 is 2.83 bits per heavy atom. The van der Waals surface area contributed by atoms with E-state index in [1.807, 2.05) is 6.92 Å². The number of hydroxylamine groups is 1. The first-order chi connectivity index (χ1) is 8.44. The minimum Gasteiger partial charge on any atom is -0.273 e. The maximum atomic E-state index is 11.9. The van der Waals surface area contributed by atoms with Crippen LogP contribution in [0.3, 0.4) is 0 Å². The molecule has 100 valence electrons. The highest BCUT2D eigenvalue weighted by Gasteiger charge is 2.19. The SMILES string of the molecule is CCCONC(=O)c1cccnc1SC(C)(C)C. The van der Waals surface area contributed by atoms with E-state index in [9.17, 15) is 4.79 Å². The van der Waals surface area contributed by atoms with E-state index in [1.165, 1.54) is 0 Å². The van der Waals surface area contributed by atoms with Gasteiger partial charge in [0.1, 0.15) is 5.03 Å². The second-order valence-corrected chi connectivity index (χ2v) is 6.67. The van der Waals surface area contributed by atoms with Crippen molar-refractivity contribution in [3.8, 4) is 0 Å². The molecule has 0 aromatic carbocycles. The van der Waals surface area contributed by atoms with Gasteiger partial charge in [-0.25, -0.2) is 10.5 Å². The van der Waals surface area contributed by atoms with E-state index in [1.54, 1.807) is 30.1 Å². The van der Waals surface area contributed by atoms with Gasteiger partial charge in [0.05, 0.1) is 12.2 Å². The van der Waals surface area contributed by atoms with Crippen LogP contribution in [0.1, 0.15) is 44.5 Å². The number of amides is 1. The summed E-state index contributed by atoms with van der Waals surface area (Å²) in [6.45, 7) is 8.75. The Morgan fingerprint density at radius 2 is 2.22 bits per heavy atom. The van der Waals surface area contributed by atoms with E-state index in [-0.39, 0.29) is 10.7 Å². The van der Waals surface area contributed by atoms with E-state index in [2.05, 4.69) is 31.2 Å². The summed E-state index contributed by atoms with van der Waals surface area (Å²) < 4.78 is 0.00760. The number of nitrogens with one attached hydrogen (secondary N) is 1. The first-order valence-electron chi connectivity index (χ1n) is 6.00. The van der Waals surface area contributed by atoms with Crippen LogP contribution in [0.5, 0.6) is 0 Å². The normalized spacial score (nSPS) is 11.3. The van der Waals surface area contributed by atoms with Gasteiger partial charge in [-0.3, -0.25) is 9.63 Å². The van der Waals surface area contributed by atoms with Crippen LogP contribution in [0.4, 0.5) is 0 Å². The third-order valence-corrected chi connectivity index (χ3v) is 3.02. The van der Waals surface area contributed by atoms with Crippen molar-refractivity contribution in [2.75, 3.05) is 6.61 Å². The van der Waals surface area contributed by atoms with Gasteiger partial charge in [0.2, 0.25) is 0 Å². The van der Waals surface area contributed by atoms with Crippen molar-refractivity contribution in [2.24, 2.45) is 0 Å². The lowest BCUT2D eigenvalue weighted by molar-refractivity contribution is 0.0312. The van der Waals surface area contributed by atoms with Crippen LogP contribution >= 0.6 is 11.8 Å². The second-order valence-electron chi connectivity index (χ2n) is 4.85. The molecule has 5 heteroatoms. The molecule has 4 nitrogen and oxygen atoms in total. The summed E-state index contributed by atoms with van der Waals surface area (Å²) >= 11 is 1.57. The summed E-state index contributed by atoms with van der Waals surface area (Å²) in [6, 6.07) is 3.51. The largest absolute Gasteiger partial charge is 0.277 e. The number of rotatable bonds is 5. The number of hydrogen-bond donors (Lipinski definition) is 1. The quantitative estimate of drug-likeness (QED) is 0.506. The van der Waals surface area contributed by atoms with Gasteiger partial charge >= 0.3 is 0 Å². The molecule has 0 aliphatic carbocycles. The molecule has 1 amide bonds. The Balaban J connectivity index is 2.78. The first-order valence-corrected chi connectivity index (χ1v) is 6.82. The van der Waals surface area contributed by atoms with Crippen molar-refractivity contribution < 1.29 is 9.63 Å². The Kier molecular flexibility index (Phi) is 5.62. The fraction of sp³-hybridized carbons (Fsp3) is 0.538. The highest BCUT2D eigenvalue weighted by molar-refractivity contribution is 8.00. The highest BCUT2D eigenvalue weighted by atomic mass is 32.2. The molecule has 0 aliphatic heterocycles. The average Bonchev–Trinajstić information content (AvgIpc) is 2.27. The molecule has 0 aliphatic rings. The second kappa shape index (κ2) is 6.75. The van der Waals surface area contributed by atoms with Crippen molar-refractivity contribution in [1.29, 1.82) is 0 Å². The molecule has 0 atom stereocenters. The third kappa shape index (κ3) is 5.06. The van der Waals surface area contributed by atoms with Gasteiger partial charge in [-0.2, -0.15) is 0 Å². The number of carbonyl (C=O) groups excluding carboxylic acids is 1. The standard InChI is InChI=1S/C13H20N2O2S/c1-5-9-17-15-11(16)10-7-6-8-14-12(10)18-13(2,3)4/h6-8H,5,9H2,1-4H3,(H,15,16). The zero-order valence-corrected chi connectivity index (χ0v) is 12.1. The predicted octanol–water partition coefficient (Wildman–Crippen LogP) is 3.04. The molecule has 1 heterocycles. The van der Waals surface area contributed by atoms with Crippen molar-refractivity contribution in [2.45, 2.75) is 43.9 Å². The van der Waals surface area contributed by atoms with Crippen LogP contribution in [0.2, 0.25) is 0 Å². The maximum absolute atomic E-state index is 11.9. The molecule has 1 N–H and O–H groups in total. The molecule has 0 unspecified atom stereocenters. The van der Waals surface area contributed by atoms with Gasteiger partial charge in [-0.15, -0.1) is 0 Å². The Morgan fingerprint density at radius 1 is 1.50 bits per heavy atom. The Hall–Kier alpha value is -1.07. The minimum atomic E-state index is -0.247. The fourth-order valence-electron chi connectivity index (χ4n) is 1.21. The van der Waals surface area contributed by atoms with Crippen LogP contribution in [0, 0.1) is 0 Å². The average molecular weight is 268 g/mol. The molecule has 0 bridgehead atoms. The summed E-state index contributed by atoms with van der Waals surface area (Å²) in [4.78, 5) is 21.2. The van der Waals surface area contributed by atoms with Gasteiger partial charge in [0.15, 0.2) is 0 Å². The number of pyridine rings is 1. The van der Waals surface area contributed by atoms with Crippen LogP contribution < -0.4 is 5.48 Å². The molecule has 0 saturated carbocycles. The van der Waals surface area contributed by atoms with Crippen molar-refractivity contribution in [1.82, 2.24) is 10.5 Å².